The van der Waals surface area contributed by atoms with Gasteiger partial charge in [-0.1, -0.05) is 30.3 Å². The molecule has 0 bridgehead atoms. The van der Waals surface area contributed by atoms with Crippen LogP contribution in [0.3, 0.4) is 0 Å². The smallest absolute Gasteiger partial charge is 0.228 e. The van der Waals surface area contributed by atoms with Crippen molar-refractivity contribution in [2.45, 2.75) is 6.18 Å². The highest BCUT2D eigenvalue weighted by molar-refractivity contribution is 7.93. The predicted octanol–water partition coefficient (Wildman–Crippen LogP) is 2.17. The van der Waals surface area contributed by atoms with Crippen molar-refractivity contribution in [3.05, 3.63) is 41.1 Å². The Labute approximate surface area is 85.6 Å². The molecule has 0 atom stereocenters. The van der Waals surface area contributed by atoms with Gasteiger partial charge in [0.1, 0.15) is 0 Å². The van der Waals surface area contributed by atoms with Gasteiger partial charge in [-0.25, -0.2) is 8.42 Å². The number of hydrogen-bond acceptors (Lipinski definition) is 2. The van der Waals surface area contributed by atoms with E-state index in [1.807, 2.05) is 0 Å². The van der Waals surface area contributed by atoms with E-state index in [9.17, 15) is 21.6 Å². The Bertz CT molecular complexity index is 422. The van der Waals surface area contributed by atoms with Crippen molar-refractivity contribution in [3.63, 3.8) is 0 Å². The summed E-state index contributed by atoms with van der Waals surface area (Å²) in [5.41, 5.74) is -0.340. The average Bonchev–Trinajstić information content (AvgIpc) is 2.00. The number of sulfone groups is 1. The summed E-state index contributed by atoms with van der Waals surface area (Å²) in [6.07, 6.45) is -4.32. The SMILES string of the molecule is CS(=O)(=O)[C](c1ccccc1)C(F)(F)F. The minimum Gasteiger partial charge on any atom is -0.228 e. The number of halogens is 3. The van der Waals surface area contributed by atoms with Crippen LogP contribution in [0.4, 0.5) is 13.2 Å². The molecule has 0 aliphatic rings. The molecule has 1 aromatic rings. The van der Waals surface area contributed by atoms with Gasteiger partial charge in [-0.15, -0.1) is 0 Å². The third-order valence-corrected chi connectivity index (χ3v) is 2.87. The van der Waals surface area contributed by atoms with E-state index < -0.39 is 21.3 Å². The molecule has 0 saturated carbocycles. The second kappa shape index (κ2) is 3.84. The topological polar surface area (TPSA) is 34.1 Å². The molecule has 6 heteroatoms. The van der Waals surface area contributed by atoms with Crippen LogP contribution in [0.2, 0.25) is 0 Å². The Morgan fingerprint density at radius 1 is 1.13 bits per heavy atom. The van der Waals surface area contributed by atoms with Gasteiger partial charge in [-0.3, -0.25) is 0 Å². The Hall–Kier alpha value is -1.04. The molecule has 0 unspecified atom stereocenters. The number of hydrogen-bond donors (Lipinski definition) is 0. The van der Waals surface area contributed by atoms with Gasteiger partial charge in [0.05, 0.1) is 0 Å². The van der Waals surface area contributed by atoms with Crippen LogP contribution in [0.15, 0.2) is 30.3 Å². The lowest BCUT2D eigenvalue weighted by Gasteiger charge is -2.17. The number of benzene rings is 1. The molecule has 1 rings (SSSR count). The van der Waals surface area contributed by atoms with E-state index in [1.54, 1.807) is 0 Å². The van der Waals surface area contributed by atoms with Crippen molar-refractivity contribution in [2.24, 2.45) is 0 Å². The first-order chi connectivity index (χ1) is 6.73. The first kappa shape index (κ1) is 12.0. The van der Waals surface area contributed by atoms with Gasteiger partial charge in [0, 0.05) is 6.26 Å². The molecule has 1 radical (unpaired) electrons. The van der Waals surface area contributed by atoms with Gasteiger partial charge >= 0.3 is 6.18 Å². The van der Waals surface area contributed by atoms with Crippen molar-refractivity contribution in [1.82, 2.24) is 0 Å². The summed E-state index contributed by atoms with van der Waals surface area (Å²) >= 11 is 0. The van der Waals surface area contributed by atoms with Crippen LogP contribution >= 0.6 is 0 Å². The lowest BCUT2D eigenvalue weighted by molar-refractivity contribution is -0.0987. The van der Waals surface area contributed by atoms with Gasteiger partial charge in [0.25, 0.3) is 0 Å². The fourth-order valence-electron chi connectivity index (χ4n) is 1.18. The highest BCUT2D eigenvalue weighted by Gasteiger charge is 2.48. The van der Waals surface area contributed by atoms with E-state index in [0.717, 1.165) is 12.1 Å². The van der Waals surface area contributed by atoms with E-state index in [1.165, 1.54) is 18.2 Å². The predicted molar refractivity (Wildman–Crippen MR) is 49.7 cm³/mol. The Balaban J connectivity index is 3.27. The molecule has 0 aliphatic carbocycles. The van der Waals surface area contributed by atoms with E-state index >= 15 is 0 Å². The molecule has 0 fully saturated rings. The van der Waals surface area contributed by atoms with E-state index in [-0.39, 0.29) is 5.56 Å². The fourth-order valence-corrected chi connectivity index (χ4v) is 2.16. The molecule has 2 nitrogen and oxygen atoms in total. The summed E-state index contributed by atoms with van der Waals surface area (Å²) in [7, 11) is -4.28. The van der Waals surface area contributed by atoms with Gasteiger partial charge in [0.2, 0.25) is 5.25 Å². The van der Waals surface area contributed by atoms with Crippen molar-refractivity contribution in [1.29, 1.82) is 0 Å². The number of alkyl halides is 3. The zero-order valence-electron chi connectivity index (χ0n) is 7.75. The summed E-state index contributed by atoms with van der Waals surface area (Å²) in [5.74, 6) is 0. The molecule has 1 aromatic carbocycles. The first-order valence-corrected chi connectivity index (χ1v) is 5.81. The van der Waals surface area contributed by atoms with Crippen LogP contribution < -0.4 is 0 Å². The zero-order chi connectivity index (χ0) is 11.7. The molecule has 15 heavy (non-hydrogen) atoms. The van der Waals surface area contributed by atoms with Crippen LogP contribution in [-0.4, -0.2) is 20.8 Å². The molecule has 0 amide bonds. The number of rotatable bonds is 2. The van der Waals surface area contributed by atoms with Crippen molar-refractivity contribution >= 4 is 9.84 Å². The molecule has 0 heterocycles. The Kier molecular flexibility index (Phi) is 3.08. The van der Waals surface area contributed by atoms with Crippen molar-refractivity contribution < 1.29 is 21.6 Å². The van der Waals surface area contributed by atoms with Crippen LogP contribution in [0.1, 0.15) is 5.56 Å². The maximum absolute atomic E-state index is 12.5. The summed E-state index contributed by atoms with van der Waals surface area (Å²) in [4.78, 5) is 0. The zero-order valence-corrected chi connectivity index (χ0v) is 8.56. The summed E-state index contributed by atoms with van der Waals surface area (Å²) in [6, 6.07) is 6.45. The summed E-state index contributed by atoms with van der Waals surface area (Å²) in [5, 5.41) is -1.50. The van der Waals surface area contributed by atoms with E-state index in [4.69, 9.17) is 0 Å². The minimum atomic E-state index is -4.87. The molecule has 0 N–H and O–H groups in total. The second-order valence-electron chi connectivity index (χ2n) is 2.97. The Morgan fingerprint density at radius 3 is 1.93 bits per heavy atom. The average molecular weight is 237 g/mol. The van der Waals surface area contributed by atoms with E-state index in [0.29, 0.717) is 6.26 Å². The Morgan fingerprint density at radius 2 is 1.60 bits per heavy atom. The van der Waals surface area contributed by atoms with Crippen LogP contribution in [-0.2, 0) is 9.84 Å². The highest BCUT2D eigenvalue weighted by Crippen LogP contribution is 2.37. The fraction of sp³-hybridized carbons (Fsp3) is 0.222. The monoisotopic (exact) mass is 237 g/mol. The quantitative estimate of drug-likeness (QED) is 0.790. The van der Waals surface area contributed by atoms with Gasteiger partial charge in [-0.2, -0.15) is 13.2 Å². The lowest BCUT2D eigenvalue weighted by Crippen LogP contribution is -2.28. The van der Waals surface area contributed by atoms with Gasteiger partial charge in [0.15, 0.2) is 9.84 Å². The molecule has 0 aromatic heterocycles. The standard InChI is InChI=1S/C9H8F3O2S/c1-15(13,14)8(9(10,11)12)7-5-3-2-4-6-7/h2-6H,1H3. The van der Waals surface area contributed by atoms with Crippen LogP contribution in [0, 0.1) is 5.25 Å². The van der Waals surface area contributed by atoms with Crippen LogP contribution in [0.5, 0.6) is 0 Å². The molecule has 0 spiro atoms. The first-order valence-electron chi connectivity index (χ1n) is 3.92. The third-order valence-electron chi connectivity index (χ3n) is 1.66. The minimum absolute atomic E-state index is 0.340. The molecular formula is C9H8F3O2S. The van der Waals surface area contributed by atoms with Crippen LogP contribution in [0.25, 0.3) is 0 Å². The maximum atomic E-state index is 12.5. The highest BCUT2D eigenvalue weighted by atomic mass is 32.2. The largest absolute Gasteiger partial charge is 0.414 e. The normalized spacial score (nSPS) is 13.1. The van der Waals surface area contributed by atoms with Gasteiger partial charge < -0.3 is 0 Å². The van der Waals surface area contributed by atoms with E-state index in [2.05, 4.69) is 0 Å². The maximum Gasteiger partial charge on any atom is 0.414 e. The van der Waals surface area contributed by atoms with Crippen molar-refractivity contribution in [3.8, 4) is 0 Å². The summed E-state index contributed by atoms with van der Waals surface area (Å²) in [6.45, 7) is 0. The third kappa shape index (κ3) is 2.95. The molecule has 0 saturated heterocycles. The lowest BCUT2D eigenvalue weighted by atomic mass is 10.1. The molecule has 0 aliphatic heterocycles. The molecular weight excluding hydrogens is 229 g/mol. The van der Waals surface area contributed by atoms with Gasteiger partial charge in [-0.05, 0) is 5.56 Å². The second-order valence-corrected chi connectivity index (χ2v) is 4.92. The molecule has 83 valence electrons. The van der Waals surface area contributed by atoms with Crippen molar-refractivity contribution in [2.75, 3.05) is 6.26 Å². The summed E-state index contributed by atoms with van der Waals surface area (Å²) < 4.78 is 59.5.